The molecule has 2 aromatic carbocycles. The summed E-state index contributed by atoms with van der Waals surface area (Å²) in [6, 6.07) is 15.9. The SMILES string of the molecule is CCc1ccc(NCC(=O)Nc2ccc(N(C)C)cc2)cc1. The molecule has 2 rings (SSSR count). The fraction of sp³-hybridized carbons (Fsp3) is 0.278. The lowest BCUT2D eigenvalue weighted by molar-refractivity contribution is -0.114. The molecule has 0 aliphatic heterocycles. The maximum absolute atomic E-state index is 11.9. The van der Waals surface area contributed by atoms with Gasteiger partial charge in [0.05, 0.1) is 6.54 Å². The monoisotopic (exact) mass is 297 g/mol. The number of carbonyl (C=O) groups excluding carboxylic acids is 1. The molecule has 0 heterocycles. The lowest BCUT2D eigenvalue weighted by Gasteiger charge is -2.13. The molecule has 0 fully saturated rings. The molecule has 0 spiro atoms. The molecule has 4 heteroatoms. The predicted molar refractivity (Wildman–Crippen MR) is 93.7 cm³/mol. The lowest BCUT2D eigenvalue weighted by Crippen LogP contribution is -2.21. The molecule has 0 saturated heterocycles. The standard InChI is InChI=1S/C18H23N3O/c1-4-14-5-7-15(8-6-14)19-13-18(22)20-16-9-11-17(12-10-16)21(2)3/h5-12,19H,4,13H2,1-3H3,(H,20,22). The van der Waals surface area contributed by atoms with Crippen molar-refractivity contribution in [1.82, 2.24) is 0 Å². The van der Waals surface area contributed by atoms with E-state index >= 15 is 0 Å². The highest BCUT2D eigenvalue weighted by molar-refractivity contribution is 5.93. The van der Waals surface area contributed by atoms with Gasteiger partial charge in [-0.2, -0.15) is 0 Å². The number of anilines is 3. The van der Waals surface area contributed by atoms with Crippen LogP contribution in [0.15, 0.2) is 48.5 Å². The van der Waals surface area contributed by atoms with Crippen LogP contribution in [-0.2, 0) is 11.2 Å². The number of nitrogens with one attached hydrogen (secondary N) is 2. The summed E-state index contributed by atoms with van der Waals surface area (Å²) < 4.78 is 0. The molecule has 0 saturated carbocycles. The summed E-state index contributed by atoms with van der Waals surface area (Å²) in [5, 5.41) is 6.01. The number of aryl methyl sites for hydroxylation is 1. The molecule has 0 aromatic heterocycles. The van der Waals surface area contributed by atoms with Gasteiger partial charge in [-0.05, 0) is 48.4 Å². The zero-order valence-corrected chi connectivity index (χ0v) is 13.4. The number of hydrogen-bond acceptors (Lipinski definition) is 3. The van der Waals surface area contributed by atoms with Crippen LogP contribution in [0.3, 0.4) is 0 Å². The molecule has 2 aromatic rings. The molecule has 0 unspecified atom stereocenters. The number of amides is 1. The van der Waals surface area contributed by atoms with Crippen LogP contribution < -0.4 is 15.5 Å². The Kier molecular flexibility index (Phi) is 5.42. The highest BCUT2D eigenvalue weighted by Crippen LogP contribution is 2.15. The Bertz CT molecular complexity index is 603. The van der Waals surface area contributed by atoms with E-state index in [-0.39, 0.29) is 12.5 Å². The fourth-order valence-corrected chi connectivity index (χ4v) is 2.09. The Morgan fingerprint density at radius 1 is 0.955 bits per heavy atom. The van der Waals surface area contributed by atoms with Crippen LogP contribution in [0.25, 0.3) is 0 Å². The Hall–Kier alpha value is -2.49. The summed E-state index contributed by atoms with van der Waals surface area (Å²) in [5.74, 6) is -0.0582. The normalized spacial score (nSPS) is 10.1. The van der Waals surface area contributed by atoms with Gasteiger partial charge in [0.2, 0.25) is 5.91 Å². The van der Waals surface area contributed by atoms with E-state index in [1.54, 1.807) is 0 Å². The zero-order chi connectivity index (χ0) is 15.9. The third-order valence-electron chi connectivity index (χ3n) is 3.48. The van der Waals surface area contributed by atoms with E-state index in [0.717, 1.165) is 23.5 Å². The van der Waals surface area contributed by atoms with Crippen LogP contribution in [0.2, 0.25) is 0 Å². The van der Waals surface area contributed by atoms with Gasteiger partial charge < -0.3 is 15.5 Å². The first-order valence-electron chi connectivity index (χ1n) is 7.48. The van der Waals surface area contributed by atoms with E-state index in [4.69, 9.17) is 0 Å². The third kappa shape index (κ3) is 4.52. The zero-order valence-electron chi connectivity index (χ0n) is 13.4. The van der Waals surface area contributed by atoms with Gasteiger partial charge >= 0.3 is 0 Å². The fourth-order valence-electron chi connectivity index (χ4n) is 2.09. The van der Waals surface area contributed by atoms with Crippen LogP contribution in [0.1, 0.15) is 12.5 Å². The molecular weight excluding hydrogens is 274 g/mol. The highest BCUT2D eigenvalue weighted by Gasteiger charge is 2.03. The van der Waals surface area contributed by atoms with Crippen LogP contribution in [0.4, 0.5) is 17.1 Å². The predicted octanol–water partition coefficient (Wildman–Crippen LogP) is 3.37. The molecule has 4 nitrogen and oxygen atoms in total. The number of rotatable bonds is 6. The van der Waals surface area contributed by atoms with Crippen molar-refractivity contribution in [1.29, 1.82) is 0 Å². The Labute approximate surface area is 132 Å². The van der Waals surface area contributed by atoms with Crippen molar-refractivity contribution in [3.63, 3.8) is 0 Å². The quantitative estimate of drug-likeness (QED) is 0.859. The Morgan fingerprint density at radius 2 is 1.55 bits per heavy atom. The Morgan fingerprint density at radius 3 is 2.09 bits per heavy atom. The van der Waals surface area contributed by atoms with E-state index in [9.17, 15) is 4.79 Å². The summed E-state index contributed by atoms with van der Waals surface area (Å²) in [6.45, 7) is 2.37. The van der Waals surface area contributed by atoms with Gasteiger partial charge in [0.25, 0.3) is 0 Å². The van der Waals surface area contributed by atoms with Crippen molar-refractivity contribution in [2.75, 3.05) is 36.2 Å². The molecular formula is C18H23N3O. The minimum atomic E-state index is -0.0582. The van der Waals surface area contributed by atoms with E-state index in [0.29, 0.717) is 0 Å². The molecule has 0 aliphatic carbocycles. The topological polar surface area (TPSA) is 44.4 Å². The number of benzene rings is 2. The summed E-state index contributed by atoms with van der Waals surface area (Å²) in [5.41, 5.74) is 4.15. The second-order valence-corrected chi connectivity index (χ2v) is 5.39. The highest BCUT2D eigenvalue weighted by atomic mass is 16.1. The summed E-state index contributed by atoms with van der Waals surface area (Å²) >= 11 is 0. The van der Waals surface area contributed by atoms with E-state index in [1.165, 1.54) is 5.56 Å². The largest absolute Gasteiger partial charge is 0.378 e. The molecule has 116 valence electrons. The van der Waals surface area contributed by atoms with Crippen molar-refractivity contribution >= 4 is 23.0 Å². The molecule has 0 aliphatic rings. The molecule has 0 bridgehead atoms. The van der Waals surface area contributed by atoms with Crippen molar-refractivity contribution < 1.29 is 4.79 Å². The number of nitrogens with zero attached hydrogens (tertiary/aromatic N) is 1. The van der Waals surface area contributed by atoms with Crippen LogP contribution in [0, 0.1) is 0 Å². The molecule has 0 atom stereocenters. The average molecular weight is 297 g/mol. The second-order valence-electron chi connectivity index (χ2n) is 5.39. The van der Waals surface area contributed by atoms with Crippen molar-refractivity contribution in [3.8, 4) is 0 Å². The van der Waals surface area contributed by atoms with Gasteiger partial charge in [0.1, 0.15) is 0 Å². The lowest BCUT2D eigenvalue weighted by atomic mass is 10.1. The smallest absolute Gasteiger partial charge is 0.243 e. The summed E-state index contributed by atoms with van der Waals surface area (Å²) in [7, 11) is 3.97. The minimum absolute atomic E-state index is 0.0582. The van der Waals surface area contributed by atoms with Gasteiger partial charge in [-0.1, -0.05) is 19.1 Å². The second kappa shape index (κ2) is 7.50. The summed E-state index contributed by atoms with van der Waals surface area (Å²) in [4.78, 5) is 14.0. The van der Waals surface area contributed by atoms with Gasteiger partial charge in [0.15, 0.2) is 0 Å². The van der Waals surface area contributed by atoms with Crippen LogP contribution >= 0.6 is 0 Å². The van der Waals surface area contributed by atoms with E-state index in [1.807, 2.05) is 55.4 Å². The van der Waals surface area contributed by atoms with Crippen molar-refractivity contribution in [3.05, 3.63) is 54.1 Å². The van der Waals surface area contributed by atoms with E-state index < -0.39 is 0 Å². The van der Waals surface area contributed by atoms with Crippen LogP contribution in [-0.4, -0.2) is 26.5 Å². The van der Waals surface area contributed by atoms with Gasteiger partial charge in [-0.25, -0.2) is 0 Å². The van der Waals surface area contributed by atoms with Gasteiger partial charge in [-0.15, -0.1) is 0 Å². The Balaban J connectivity index is 1.84. The maximum atomic E-state index is 11.9. The molecule has 2 N–H and O–H groups in total. The molecule has 1 amide bonds. The third-order valence-corrected chi connectivity index (χ3v) is 3.48. The van der Waals surface area contributed by atoms with E-state index in [2.05, 4.69) is 29.7 Å². The van der Waals surface area contributed by atoms with Crippen LogP contribution in [0.5, 0.6) is 0 Å². The first-order chi connectivity index (χ1) is 10.6. The molecule has 22 heavy (non-hydrogen) atoms. The first-order valence-corrected chi connectivity index (χ1v) is 7.48. The first kappa shape index (κ1) is 15.9. The molecule has 0 radical (unpaired) electrons. The number of carbonyl (C=O) groups is 1. The maximum Gasteiger partial charge on any atom is 0.243 e. The number of hydrogen-bond donors (Lipinski definition) is 2. The van der Waals surface area contributed by atoms with Crippen molar-refractivity contribution in [2.24, 2.45) is 0 Å². The summed E-state index contributed by atoms with van der Waals surface area (Å²) in [6.07, 6.45) is 1.02. The minimum Gasteiger partial charge on any atom is -0.378 e. The van der Waals surface area contributed by atoms with Gasteiger partial charge in [0, 0.05) is 31.2 Å². The van der Waals surface area contributed by atoms with Crippen molar-refractivity contribution in [2.45, 2.75) is 13.3 Å². The average Bonchev–Trinajstić information content (AvgIpc) is 2.54. The van der Waals surface area contributed by atoms with Gasteiger partial charge in [-0.3, -0.25) is 4.79 Å².